The second-order valence-electron chi connectivity index (χ2n) is 6.63. The first kappa shape index (κ1) is 21.9. The van der Waals surface area contributed by atoms with Crippen molar-refractivity contribution >= 4 is 17.8 Å². The molecule has 7 heteroatoms. The number of primary amides is 1. The van der Waals surface area contributed by atoms with Gasteiger partial charge in [0.15, 0.2) is 0 Å². The molecule has 0 heterocycles. The molecule has 0 bridgehead atoms. The third-order valence-corrected chi connectivity index (χ3v) is 4.37. The second kappa shape index (κ2) is 11.5. The van der Waals surface area contributed by atoms with Crippen LogP contribution < -0.4 is 15.8 Å². The highest BCUT2D eigenvalue weighted by Gasteiger charge is 2.12. The van der Waals surface area contributed by atoms with E-state index in [-0.39, 0.29) is 35.0 Å². The van der Waals surface area contributed by atoms with Crippen LogP contribution in [0.2, 0.25) is 0 Å². The van der Waals surface area contributed by atoms with Crippen molar-refractivity contribution in [1.29, 1.82) is 0 Å². The van der Waals surface area contributed by atoms with E-state index < -0.39 is 11.9 Å². The summed E-state index contributed by atoms with van der Waals surface area (Å²) < 4.78 is 5.22. The first-order valence-electron chi connectivity index (χ1n) is 9.64. The van der Waals surface area contributed by atoms with Gasteiger partial charge in [-0.3, -0.25) is 14.4 Å². The Hall–Kier alpha value is -3.35. The van der Waals surface area contributed by atoms with Gasteiger partial charge in [-0.25, -0.2) is 0 Å². The maximum Gasteiger partial charge on any atom is 0.311 e. The summed E-state index contributed by atoms with van der Waals surface area (Å²) in [6.45, 7) is 0.527. The zero-order chi connectivity index (χ0) is 21.1. The van der Waals surface area contributed by atoms with Crippen LogP contribution in [0.5, 0.6) is 11.5 Å². The number of nitrogens with one attached hydrogen (secondary N) is 1. The quantitative estimate of drug-likeness (QED) is 0.305. The van der Waals surface area contributed by atoms with E-state index >= 15 is 0 Å². The number of para-hydroxylation sites is 2. The highest BCUT2D eigenvalue weighted by Crippen LogP contribution is 2.18. The molecule has 4 N–H and O–H groups in total. The zero-order valence-corrected chi connectivity index (χ0v) is 16.2. The van der Waals surface area contributed by atoms with E-state index in [0.717, 1.165) is 25.7 Å². The maximum absolute atomic E-state index is 11.9. The van der Waals surface area contributed by atoms with Gasteiger partial charge in [0.25, 0.3) is 11.8 Å². The van der Waals surface area contributed by atoms with Gasteiger partial charge >= 0.3 is 5.97 Å². The Bertz CT molecular complexity index is 851. The molecule has 0 aliphatic heterocycles. The largest absolute Gasteiger partial charge is 0.507 e. The fraction of sp³-hybridized carbons (Fsp3) is 0.318. The van der Waals surface area contributed by atoms with Crippen molar-refractivity contribution in [2.75, 3.05) is 6.54 Å². The van der Waals surface area contributed by atoms with Gasteiger partial charge in [-0.15, -0.1) is 0 Å². The minimum absolute atomic E-state index is 0.0321. The highest BCUT2D eigenvalue weighted by molar-refractivity contribution is 5.97. The van der Waals surface area contributed by atoms with E-state index in [9.17, 15) is 19.5 Å². The summed E-state index contributed by atoms with van der Waals surface area (Å²) in [6.07, 6.45) is 4.47. The van der Waals surface area contributed by atoms with Crippen LogP contribution in [0.1, 0.15) is 59.2 Å². The summed E-state index contributed by atoms with van der Waals surface area (Å²) in [7, 11) is 0. The number of phenolic OH excluding ortho intramolecular Hbond substituents is 1. The molecule has 0 aliphatic carbocycles. The van der Waals surface area contributed by atoms with E-state index in [4.69, 9.17) is 10.5 Å². The normalized spacial score (nSPS) is 10.3. The van der Waals surface area contributed by atoms with Crippen LogP contribution in [0.3, 0.4) is 0 Å². The van der Waals surface area contributed by atoms with Gasteiger partial charge < -0.3 is 20.9 Å². The molecule has 2 aromatic rings. The third-order valence-electron chi connectivity index (χ3n) is 4.37. The molecule has 0 aromatic heterocycles. The lowest BCUT2D eigenvalue weighted by atomic mass is 10.1. The molecule has 2 amide bonds. The van der Waals surface area contributed by atoms with Gasteiger partial charge in [-0.1, -0.05) is 43.5 Å². The first-order valence-corrected chi connectivity index (χ1v) is 9.64. The molecule has 0 atom stereocenters. The standard InChI is InChI=1S/C22H26N2O5/c23-21(27)17-11-6-8-13-19(17)29-20(26)14-4-2-1-3-9-15-24-22(28)16-10-5-7-12-18(16)25/h5-8,10-13,25H,1-4,9,14-15H2,(H2,23,27)(H,24,28). The number of rotatable bonds is 11. The van der Waals surface area contributed by atoms with Crippen molar-refractivity contribution in [3.05, 3.63) is 59.7 Å². The summed E-state index contributed by atoms with van der Waals surface area (Å²) in [5.41, 5.74) is 5.71. The molecular weight excluding hydrogens is 372 g/mol. The van der Waals surface area contributed by atoms with Crippen molar-refractivity contribution in [1.82, 2.24) is 5.32 Å². The summed E-state index contributed by atoms with van der Waals surface area (Å²) in [4.78, 5) is 35.2. The van der Waals surface area contributed by atoms with E-state index in [1.807, 2.05) is 0 Å². The highest BCUT2D eigenvalue weighted by atomic mass is 16.5. The Morgan fingerprint density at radius 2 is 1.48 bits per heavy atom. The Labute approximate surface area is 169 Å². The number of amides is 2. The number of ether oxygens (including phenoxy) is 1. The lowest BCUT2D eigenvalue weighted by Gasteiger charge is -2.08. The predicted molar refractivity (Wildman–Crippen MR) is 109 cm³/mol. The van der Waals surface area contributed by atoms with Crippen LogP contribution in [-0.4, -0.2) is 29.4 Å². The van der Waals surface area contributed by atoms with Crippen LogP contribution in [0.4, 0.5) is 0 Å². The Morgan fingerprint density at radius 1 is 0.862 bits per heavy atom. The van der Waals surface area contributed by atoms with Gasteiger partial charge in [0, 0.05) is 13.0 Å². The predicted octanol–water partition coefficient (Wildman–Crippen LogP) is 3.17. The number of hydrogen-bond donors (Lipinski definition) is 3. The van der Waals surface area contributed by atoms with Gasteiger partial charge in [-0.2, -0.15) is 0 Å². The van der Waals surface area contributed by atoms with Crippen LogP contribution >= 0.6 is 0 Å². The van der Waals surface area contributed by atoms with Crippen molar-refractivity contribution in [2.24, 2.45) is 5.73 Å². The van der Waals surface area contributed by atoms with Crippen molar-refractivity contribution in [3.8, 4) is 11.5 Å². The molecule has 2 rings (SSSR count). The number of unbranched alkanes of at least 4 members (excludes halogenated alkanes) is 4. The minimum Gasteiger partial charge on any atom is -0.507 e. The maximum atomic E-state index is 11.9. The molecule has 0 fully saturated rings. The first-order chi connectivity index (χ1) is 14.0. The molecule has 0 spiro atoms. The topological polar surface area (TPSA) is 119 Å². The monoisotopic (exact) mass is 398 g/mol. The van der Waals surface area contributed by atoms with Crippen LogP contribution in [0, 0.1) is 0 Å². The fourth-order valence-electron chi connectivity index (χ4n) is 2.82. The van der Waals surface area contributed by atoms with E-state index in [0.29, 0.717) is 13.0 Å². The molecule has 154 valence electrons. The van der Waals surface area contributed by atoms with E-state index in [1.165, 1.54) is 12.1 Å². The van der Waals surface area contributed by atoms with Gasteiger partial charge in [0.05, 0.1) is 11.1 Å². The molecular formula is C22H26N2O5. The summed E-state index contributed by atoms with van der Waals surface area (Å²) in [5, 5.41) is 12.4. The summed E-state index contributed by atoms with van der Waals surface area (Å²) in [6, 6.07) is 12.8. The number of hydrogen-bond acceptors (Lipinski definition) is 5. The van der Waals surface area contributed by atoms with Gasteiger partial charge in [0.1, 0.15) is 11.5 Å². The molecule has 0 radical (unpaired) electrons. The average Bonchev–Trinajstić information content (AvgIpc) is 2.70. The average molecular weight is 398 g/mol. The van der Waals surface area contributed by atoms with Crippen molar-refractivity contribution < 1.29 is 24.2 Å². The number of carbonyl (C=O) groups excluding carboxylic acids is 3. The van der Waals surface area contributed by atoms with Crippen LogP contribution in [-0.2, 0) is 4.79 Å². The molecule has 29 heavy (non-hydrogen) atoms. The van der Waals surface area contributed by atoms with Crippen LogP contribution in [0.15, 0.2) is 48.5 Å². The SMILES string of the molecule is NC(=O)c1ccccc1OC(=O)CCCCCCCNC(=O)c1ccccc1O. The fourth-order valence-corrected chi connectivity index (χ4v) is 2.82. The van der Waals surface area contributed by atoms with E-state index in [1.54, 1.807) is 36.4 Å². The Kier molecular flexibility index (Phi) is 8.69. The molecule has 0 saturated heterocycles. The molecule has 7 nitrogen and oxygen atoms in total. The summed E-state index contributed by atoms with van der Waals surface area (Å²) >= 11 is 0. The molecule has 0 aliphatic rings. The van der Waals surface area contributed by atoms with Gasteiger partial charge in [0.2, 0.25) is 0 Å². The number of esters is 1. The Balaban J connectivity index is 1.56. The molecule has 0 unspecified atom stereocenters. The third kappa shape index (κ3) is 7.29. The summed E-state index contributed by atoms with van der Waals surface area (Å²) in [5.74, 6) is -1.17. The van der Waals surface area contributed by atoms with Crippen LogP contribution in [0.25, 0.3) is 0 Å². The smallest absolute Gasteiger partial charge is 0.311 e. The lowest BCUT2D eigenvalue weighted by Crippen LogP contribution is -2.24. The molecule has 0 saturated carbocycles. The Morgan fingerprint density at radius 3 is 2.21 bits per heavy atom. The number of phenols is 1. The zero-order valence-electron chi connectivity index (χ0n) is 16.2. The number of carbonyl (C=O) groups is 3. The van der Waals surface area contributed by atoms with Crippen molar-refractivity contribution in [3.63, 3.8) is 0 Å². The number of nitrogens with two attached hydrogens (primary N) is 1. The second-order valence-corrected chi connectivity index (χ2v) is 6.63. The lowest BCUT2D eigenvalue weighted by molar-refractivity contribution is -0.134. The van der Waals surface area contributed by atoms with Gasteiger partial charge in [-0.05, 0) is 37.1 Å². The number of aromatic hydroxyl groups is 1. The number of benzene rings is 2. The minimum atomic E-state index is -0.636. The van der Waals surface area contributed by atoms with E-state index in [2.05, 4.69) is 5.32 Å². The molecule has 2 aromatic carbocycles. The van der Waals surface area contributed by atoms with Crippen molar-refractivity contribution in [2.45, 2.75) is 38.5 Å².